The standard InChI is InChI=1S/C10H21N3O/c1-8(9-3-4-9)13(5-6-14-2)7-10(11)12/h8-9H,3-7H2,1-2H3,(H3,11,12). The number of rotatable bonds is 7. The van der Waals surface area contributed by atoms with Gasteiger partial charge in [-0.2, -0.15) is 0 Å². The summed E-state index contributed by atoms with van der Waals surface area (Å²) in [5.41, 5.74) is 5.42. The van der Waals surface area contributed by atoms with Gasteiger partial charge in [0, 0.05) is 19.7 Å². The molecule has 0 aliphatic heterocycles. The Kier molecular flexibility index (Phi) is 4.35. The highest BCUT2D eigenvalue weighted by atomic mass is 16.5. The number of nitrogens with one attached hydrogen (secondary N) is 1. The predicted molar refractivity (Wildman–Crippen MR) is 57.5 cm³/mol. The molecule has 82 valence electrons. The highest BCUT2D eigenvalue weighted by Crippen LogP contribution is 2.34. The Morgan fingerprint density at radius 1 is 1.64 bits per heavy atom. The van der Waals surface area contributed by atoms with Crippen LogP contribution >= 0.6 is 0 Å². The smallest absolute Gasteiger partial charge is 0.105 e. The van der Waals surface area contributed by atoms with Crippen LogP contribution in [-0.2, 0) is 4.74 Å². The first-order chi connectivity index (χ1) is 6.65. The Balaban J connectivity index is 2.37. The molecule has 1 unspecified atom stereocenters. The number of hydrogen-bond acceptors (Lipinski definition) is 3. The molecule has 1 fully saturated rings. The molecule has 0 aromatic rings. The molecule has 4 nitrogen and oxygen atoms in total. The van der Waals surface area contributed by atoms with Crippen molar-refractivity contribution < 1.29 is 4.74 Å². The quantitative estimate of drug-likeness (QED) is 0.468. The van der Waals surface area contributed by atoms with Crippen molar-refractivity contribution in [2.45, 2.75) is 25.8 Å². The molecule has 14 heavy (non-hydrogen) atoms. The van der Waals surface area contributed by atoms with E-state index in [9.17, 15) is 0 Å². The Morgan fingerprint density at radius 3 is 2.71 bits per heavy atom. The fourth-order valence-electron chi connectivity index (χ4n) is 1.73. The van der Waals surface area contributed by atoms with Gasteiger partial charge in [0.05, 0.1) is 13.2 Å². The number of amidine groups is 1. The van der Waals surface area contributed by atoms with Gasteiger partial charge in [-0.3, -0.25) is 10.3 Å². The number of nitrogens with two attached hydrogens (primary N) is 1. The van der Waals surface area contributed by atoms with Crippen molar-refractivity contribution in [1.29, 1.82) is 5.41 Å². The molecular weight excluding hydrogens is 178 g/mol. The summed E-state index contributed by atoms with van der Waals surface area (Å²) in [6.45, 7) is 4.37. The first-order valence-electron chi connectivity index (χ1n) is 5.21. The zero-order valence-electron chi connectivity index (χ0n) is 9.12. The van der Waals surface area contributed by atoms with Crippen LogP contribution in [0.2, 0.25) is 0 Å². The Morgan fingerprint density at radius 2 is 2.29 bits per heavy atom. The van der Waals surface area contributed by atoms with Gasteiger partial charge in [-0.25, -0.2) is 0 Å². The maximum atomic E-state index is 7.31. The summed E-state index contributed by atoms with van der Waals surface area (Å²) in [6.07, 6.45) is 2.64. The van der Waals surface area contributed by atoms with Crippen molar-refractivity contribution in [1.82, 2.24) is 4.90 Å². The minimum Gasteiger partial charge on any atom is -0.387 e. The van der Waals surface area contributed by atoms with E-state index in [0.29, 0.717) is 19.2 Å². The lowest BCUT2D eigenvalue weighted by atomic mass is 10.2. The van der Waals surface area contributed by atoms with Crippen LogP contribution in [0.3, 0.4) is 0 Å². The molecule has 0 spiro atoms. The fourth-order valence-corrected chi connectivity index (χ4v) is 1.73. The first kappa shape index (κ1) is 11.5. The van der Waals surface area contributed by atoms with E-state index < -0.39 is 0 Å². The molecule has 3 N–H and O–H groups in total. The van der Waals surface area contributed by atoms with Gasteiger partial charge in [0.25, 0.3) is 0 Å². The third-order valence-electron chi connectivity index (χ3n) is 2.84. The number of ether oxygens (including phenoxy) is 1. The minimum atomic E-state index is 0.244. The fraction of sp³-hybridized carbons (Fsp3) is 0.900. The highest BCUT2D eigenvalue weighted by molar-refractivity contribution is 5.78. The molecule has 0 amide bonds. The van der Waals surface area contributed by atoms with Crippen molar-refractivity contribution in [3.8, 4) is 0 Å². The van der Waals surface area contributed by atoms with Crippen LogP contribution in [0.1, 0.15) is 19.8 Å². The second-order valence-corrected chi connectivity index (χ2v) is 4.07. The molecule has 0 heterocycles. The number of methoxy groups -OCH3 is 1. The Bertz CT molecular complexity index is 192. The zero-order valence-corrected chi connectivity index (χ0v) is 9.12. The normalized spacial score (nSPS) is 18.5. The zero-order chi connectivity index (χ0) is 10.6. The van der Waals surface area contributed by atoms with Crippen molar-refractivity contribution in [3.05, 3.63) is 0 Å². The van der Waals surface area contributed by atoms with E-state index in [4.69, 9.17) is 15.9 Å². The van der Waals surface area contributed by atoms with Gasteiger partial charge < -0.3 is 10.5 Å². The van der Waals surface area contributed by atoms with Crippen molar-refractivity contribution in [3.63, 3.8) is 0 Å². The molecule has 1 aliphatic carbocycles. The van der Waals surface area contributed by atoms with E-state index in [2.05, 4.69) is 11.8 Å². The minimum absolute atomic E-state index is 0.244. The van der Waals surface area contributed by atoms with Crippen molar-refractivity contribution >= 4 is 5.84 Å². The summed E-state index contributed by atoms with van der Waals surface area (Å²) in [7, 11) is 1.70. The van der Waals surface area contributed by atoms with Crippen LogP contribution in [0.5, 0.6) is 0 Å². The lowest BCUT2D eigenvalue weighted by Gasteiger charge is -2.28. The Hall–Kier alpha value is -0.610. The lowest BCUT2D eigenvalue weighted by molar-refractivity contribution is 0.129. The van der Waals surface area contributed by atoms with E-state index in [-0.39, 0.29) is 5.84 Å². The number of hydrogen-bond donors (Lipinski definition) is 2. The third kappa shape index (κ3) is 3.64. The molecule has 0 radical (unpaired) electrons. The van der Waals surface area contributed by atoms with Gasteiger partial charge in [-0.15, -0.1) is 0 Å². The first-order valence-corrected chi connectivity index (χ1v) is 5.21. The molecule has 0 saturated heterocycles. The van der Waals surface area contributed by atoms with Gasteiger partial charge >= 0.3 is 0 Å². The SMILES string of the molecule is COCCN(CC(=N)N)C(C)C1CC1. The van der Waals surface area contributed by atoms with Gasteiger partial charge in [-0.1, -0.05) is 0 Å². The van der Waals surface area contributed by atoms with Crippen LogP contribution in [0.25, 0.3) is 0 Å². The van der Waals surface area contributed by atoms with Crippen LogP contribution in [0.15, 0.2) is 0 Å². The molecule has 1 atom stereocenters. The van der Waals surface area contributed by atoms with Gasteiger partial charge in [0.1, 0.15) is 5.84 Å². The van der Waals surface area contributed by atoms with Crippen molar-refractivity contribution in [2.24, 2.45) is 11.7 Å². The summed E-state index contributed by atoms with van der Waals surface area (Å²) in [5, 5.41) is 7.31. The van der Waals surface area contributed by atoms with E-state index in [0.717, 1.165) is 12.5 Å². The monoisotopic (exact) mass is 199 g/mol. The van der Waals surface area contributed by atoms with Crippen LogP contribution in [-0.4, -0.2) is 43.6 Å². The molecule has 1 rings (SSSR count). The summed E-state index contributed by atoms with van der Waals surface area (Å²) in [6, 6.07) is 0.536. The third-order valence-corrected chi connectivity index (χ3v) is 2.84. The molecule has 0 aromatic heterocycles. The van der Waals surface area contributed by atoms with E-state index in [1.807, 2.05) is 0 Å². The molecule has 0 aromatic carbocycles. The van der Waals surface area contributed by atoms with Crippen LogP contribution < -0.4 is 5.73 Å². The van der Waals surface area contributed by atoms with E-state index in [1.54, 1.807) is 7.11 Å². The largest absolute Gasteiger partial charge is 0.387 e. The van der Waals surface area contributed by atoms with Crippen LogP contribution in [0, 0.1) is 11.3 Å². The predicted octanol–water partition coefficient (Wildman–Crippen LogP) is 0.669. The summed E-state index contributed by atoms with van der Waals surface area (Å²) in [4.78, 5) is 2.24. The maximum absolute atomic E-state index is 7.31. The molecule has 1 saturated carbocycles. The van der Waals surface area contributed by atoms with Crippen LogP contribution in [0.4, 0.5) is 0 Å². The average molecular weight is 199 g/mol. The van der Waals surface area contributed by atoms with E-state index >= 15 is 0 Å². The molecule has 4 heteroatoms. The highest BCUT2D eigenvalue weighted by Gasteiger charge is 2.31. The second-order valence-electron chi connectivity index (χ2n) is 4.07. The lowest BCUT2D eigenvalue weighted by Crippen LogP contribution is -2.42. The molecular formula is C10H21N3O. The molecule has 1 aliphatic rings. The average Bonchev–Trinajstić information content (AvgIpc) is 2.93. The van der Waals surface area contributed by atoms with Gasteiger partial charge in [0.2, 0.25) is 0 Å². The molecule has 0 bridgehead atoms. The van der Waals surface area contributed by atoms with Gasteiger partial charge in [-0.05, 0) is 25.7 Å². The van der Waals surface area contributed by atoms with Crippen molar-refractivity contribution in [2.75, 3.05) is 26.8 Å². The summed E-state index contributed by atoms with van der Waals surface area (Å²) in [5.74, 6) is 1.06. The summed E-state index contributed by atoms with van der Waals surface area (Å²) < 4.78 is 5.05. The van der Waals surface area contributed by atoms with E-state index in [1.165, 1.54) is 12.8 Å². The van der Waals surface area contributed by atoms with Gasteiger partial charge in [0.15, 0.2) is 0 Å². The maximum Gasteiger partial charge on any atom is 0.105 e. The topological polar surface area (TPSA) is 62.3 Å². The second kappa shape index (κ2) is 5.32. The number of nitrogens with zero attached hydrogens (tertiary/aromatic N) is 1. The Labute approximate surface area is 85.9 Å². The summed E-state index contributed by atoms with van der Waals surface area (Å²) >= 11 is 0.